The number of carbonyl (C=O) groups excluding carboxylic acids is 2. The van der Waals surface area contributed by atoms with E-state index in [4.69, 9.17) is 15.3 Å². The first-order valence-electron chi connectivity index (χ1n) is 3.30. The Labute approximate surface area is 68.8 Å². The fraction of sp³-hybridized carbons (Fsp3) is 0.667. The van der Waals surface area contributed by atoms with Gasteiger partial charge in [-0.3, -0.25) is 9.59 Å². The second-order valence-electron chi connectivity index (χ2n) is 2.16. The predicted octanol–water partition coefficient (Wildman–Crippen LogP) is -2.98. The summed E-state index contributed by atoms with van der Waals surface area (Å²) in [5.74, 6) is -0.747. The van der Waals surface area contributed by atoms with Gasteiger partial charge >= 0.3 is 0 Å². The molecule has 0 spiro atoms. The van der Waals surface area contributed by atoms with Gasteiger partial charge in [-0.15, -0.1) is 0 Å². The highest BCUT2D eigenvalue weighted by molar-refractivity contribution is 5.86. The van der Waals surface area contributed by atoms with Crippen LogP contribution in [0.2, 0.25) is 0 Å². The minimum Gasteiger partial charge on any atom is -0.394 e. The molecule has 12 heavy (non-hydrogen) atoms. The lowest BCUT2D eigenvalue weighted by Gasteiger charge is -2.13. The molecule has 6 nitrogen and oxygen atoms in total. The smallest absolute Gasteiger partial charge is 0.207 e. The lowest BCUT2D eigenvalue weighted by molar-refractivity contribution is -0.134. The third-order valence-electron chi connectivity index (χ3n) is 1.24. The van der Waals surface area contributed by atoms with E-state index in [-0.39, 0.29) is 6.54 Å². The van der Waals surface area contributed by atoms with Gasteiger partial charge in [0.15, 0.2) is 5.78 Å². The summed E-state index contributed by atoms with van der Waals surface area (Å²) < 4.78 is 0. The van der Waals surface area contributed by atoms with E-state index < -0.39 is 24.6 Å². The molecule has 0 aliphatic rings. The molecule has 0 aliphatic carbocycles. The molecule has 0 saturated heterocycles. The minimum atomic E-state index is -1.65. The van der Waals surface area contributed by atoms with Gasteiger partial charge in [0.25, 0.3) is 0 Å². The van der Waals surface area contributed by atoms with Gasteiger partial charge in [-0.2, -0.15) is 0 Å². The quantitative estimate of drug-likeness (QED) is 0.324. The first-order valence-corrected chi connectivity index (χ1v) is 3.30. The molecule has 70 valence electrons. The number of Topliss-reactive ketones (excluding diaryl/α,β-unsaturated/α-hetero) is 1. The molecule has 0 rings (SSSR count). The molecule has 0 aromatic carbocycles. The average molecular weight is 177 g/mol. The Hall–Kier alpha value is -0.980. The Morgan fingerprint density at radius 2 is 2.08 bits per heavy atom. The van der Waals surface area contributed by atoms with Crippen LogP contribution >= 0.6 is 0 Å². The van der Waals surface area contributed by atoms with Crippen LogP contribution < -0.4 is 5.32 Å². The van der Waals surface area contributed by atoms with Gasteiger partial charge < -0.3 is 20.6 Å². The Morgan fingerprint density at radius 3 is 2.50 bits per heavy atom. The van der Waals surface area contributed by atoms with Gasteiger partial charge in [-0.05, 0) is 0 Å². The average Bonchev–Trinajstić information content (AvgIpc) is 2.11. The van der Waals surface area contributed by atoms with Crippen molar-refractivity contribution in [2.24, 2.45) is 0 Å². The number of nitrogens with one attached hydrogen (secondary N) is 1. The van der Waals surface area contributed by atoms with E-state index in [1.54, 1.807) is 0 Å². The second-order valence-corrected chi connectivity index (χ2v) is 2.16. The van der Waals surface area contributed by atoms with Crippen LogP contribution in [0.4, 0.5) is 0 Å². The molecule has 6 heteroatoms. The number of aliphatic hydroxyl groups excluding tert-OH is 3. The fourth-order valence-corrected chi connectivity index (χ4v) is 0.561. The van der Waals surface area contributed by atoms with Gasteiger partial charge in [-0.25, -0.2) is 0 Å². The Balaban J connectivity index is 3.83. The summed E-state index contributed by atoms with van der Waals surface area (Å²) in [6.45, 7) is -1.06. The molecule has 1 amide bonds. The van der Waals surface area contributed by atoms with Gasteiger partial charge in [0.2, 0.25) is 6.41 Å². The van der Waals surface area contributed by atoms with E-state index in [0.717, 1.165) is 0 Å². The maximum absolute atomic E-state index is 10.8. The molecule has 0 aliphatic heterocycles. The van der Waals surface area contributed by atoms with Crippen molar-refractivity contribution in [3.63, 3.8) is 0 Å². The number of aliphatic hydroxyl groups is 3. The van der Waals surface area contributed by atoms with Crippen LogP contribution in [-0.2, 0) is 9.59 Å². The van der Waals surface area contributed by atoms with Crippen LogP contribution in [0.5, 0.6) is 0 Å². The van der Waals surface area contributed by atoms with E-state index in [0.29, 0.717) is 6.41 Å². The highest BCUT2D eigenvalue weighted by atomic mass is 16.4. The molecule has 0 aromatic rings. The van der Waals surface area contributed by atoms with Gasteiger partial charge in [0.1, 0.15) is 12.2 Å². The molecule has 0 bridgehead atoms. The van der Waals surface area contributed by atoms with E-state index in [1.165, 1.54) is 0 Å². The summed E-state index contributed by atoms with van der Waals surface area (Å²) in [4.78, 5) is 20.5. The summed E-state index contributed by atoms with van der Waals surface area (Å²) in [7, 11) is 0. The first-order chi connectivity index (χ1) is 5.63. The first kappa shape index (κ1) is 11.0. The Kier molecular flexibility index (Phi) is 5.18. The van der Waals surface area contributed by atoms with Gasteiger partial charge in [0.05, 0.1) is 13.2 Å². The van der Waals surface area contributed by atoms with E-state index in [1.807, 2.05) is 5.32 Å². The monoisotopic (exact) mass is 177 g/mol. The lowest BCUT2D eigenvalue weighted by Crippen LogP contribution is -2.40. The molecular formula is C6H11NO5. The number of amides is 1. The molecular weight excluding hydrogens is 166 g/mol. The Morgan fingerprint density at radius 1 is 1.50 bits per heavy atom. The normalized spacial score (nSPS) is 14.9. The fourth-order valence-electron chi connectivity index (χ4n) is 0.561. The zero-order valence-electron chi connectivity index (χ0n) is 6.30. The number of hydrogen-bond acceptors (Lipinski definition) is 5. The third-order valence-corrected chi connectivity index (χ3v) is 1.24. The number of carbonyl (C=O) groups is 2. The number of hydrogen-bond donors (Lipinski definition) is 4. The summed E-state index contributed by atoms with van der Waals surface area (Å²) in [5, 5.41) is 28.0. The van der Waals surface area contributed by atoms with E-state index >= 15 is 0 Å². The van der Waals surface area contributed by atoms with Crippen LogP contribution in [0.15, 0.2) is 0 Å². The topological polar surface area (TPSA) is 107 Å². The van der Waals surface area contributed by atoms with Crippen molar-refractivity contribution in [2.75, 3.05) is 13.2 Å². The molecule has 0 saturated carbocycles. The maximum atomic E-state index is 10.8. The van der Waals surface area contributed by atoms with Crippen molar-refractivity contribution >= 4 is 12.2 Å². The lowest BCUT2D eigenvalue weighted by atomic mass is 10.1. The number of ketones is 1. The summed E-state index contributed by atoms with van der Waals surface area (Å²) in [5.41, 5.74) is 0. The van der Waals surface area contributed by atoms with Crippen molar-refractivity contribution in [3.8, 4) is 0 Å². The minimum absolute atomic E-state index is 0.302. The summed E-state index contributed by atoms with van der Waals surface area (Å²) in [6.07, 6.45) is -2.84. The second kappa shape index (κ2) is 5.64. The van der Waals surface area contributed by atoms with Crippen LogP contribution in [-0.4, -0.2) is 52.9 Å². The van der Waals surface area contributed by atoms with Crippen molar-refractivity contribution in [1.82, 2.24) is 5.32 Å². The van der Waals surface area contributed by atoms with Gasteiger partial charge in [-0.1, -0.05) is 0 Å². The van der Waals surface area contributed by atoms with Crippen LogP contribution in [0.1, 0.15) is 0 Å². The van der Waals surface area contributed by atoms with Gasteiger partial charge in [0, 0.05) is 0 Å². The zero-order valence-corrected chi connectivity index (χ0v) is 6.30. The van der Waals surface area contributed by atoms with Crippen molar-refractivity contribution in [1.29, 1.82) is 0 Å². The molecule has 1 unspecified atom stereocenters. The SMILES string of the molecule is O=CNCC(=O)[C@H](O)C(O)CO. The molecule has 2 atom stereocenters. The highest BCUT2D eigenvalue weighted by Crippen LogP contribution is 1.92. The third kappa shape index (κ3) is 3.42. The van der Waals surface area contributed by atoms with Crippen molar-refractivity contribution in [2.45, 2.75) is 12.2 Å². The molecule has 0 heterocycles. The van der Waals surface area contributed by atoms with Crippen LogP contribution in [0.25, 0.3) is 0 Å². The van der Waals surface area contributed by atoms with Crippen molar-refractivity contribution in [3.05, 3.63) is 0 Å². The largest absolute Gasteiger partial charge is 0.394 e. The molecule has 0 fully saturated rings. The molecule has 0 radical (unpaired) electrons. The Bertz CT molecular complexity index is 160. The van der Waals surface area contributed by atoms with Crippen LogP contribution in [0.3, 0.4) is 0 Å². The van der Waals surface area contributed by atoms with E-state index in [2.05, 4.69) is 0 Å². The summed E-state index contributed by atoms with van der Waals surface area (Å²) >= 11 is 0. The van der Waals surface area contributed by atoms with Crippen LogP contribution in [0, 0.1) is 0 Å². The summed E-state index contributed by atoms with van der Waals surface area (Å²) in [6, 6.07) is 0. The molecule has 0 aromatic heterocycles. The van der Waals surface area contributed by atoms with Crippen molar-refractivity contribution < 1.29 is 24.9 Å². The standard InChI is InChI=1S/C6H11NO5/c8-2-5(11)6(12)4(10)1-7-3-9/h3,5-6,8,11-12H,1-2H2,(H,7,9)/t5?,6-/m0/s1. The zero-order chi connectivity index (χ0) is 9.56. The maximum Gasteiger partial charge on any atom is 0.207 e. The predicted molar refractivity (Wildman–Crippen MR) is 38.2 cm³/mol. The molecule has 4 N–H and O–H groups in total. The van der Waals surface area contributed by atoms with E-state index in [9.17, 15) is 9.59 Å². The number of rotatable bonds is 6. The highest BCUT2D eigenvalue weighted by Gasteiger charge is 2.22.